The summed E-state index contributed by atoms with van der Waals surface area (Å²) in [5, 5.41) is 6.35. The van der Waals surface area contributed by atoms with Crippen LogP contribution in [0.3, 0.4) is 0 Å². The van der Waals surface area contributed by atoms with Gasteiger partial charge in [0.05, 0.1) is 0 Å². The van der Waals surface area contributed by atoms with Gasteiger partial charge in [0.2, 0.25) is 0 Å². The van der Waals surface area contributed by atoms with Gasteiger partial charge in [0.15, 0.2) is 11.5 Å². The van der Waals surface area contributed by atoms with Crippen molar-refractivity contribution in [3.05, 3.63) is 42.0 Å². The first-order chi connectivity index (χ1) is 10.3. The fourth-order valence-electron chi connectivity index (χ4n) is 2.25. The third kappa shape index (κ3) is 3.37. The summed E-state index contributed by atoms with van der Waals surface area (Å²) >= 11 is 0. The van der Waals surface area contributed by atoms with Crippen LogP contribution in [0, 0.1) is 0 Å². The molecule has 0 amide bonds. The first-order valence-corrected chi connectivity index (χ1v) is 7.12. The Bertz CT molecular complexity index is 616. The molecule has 5 nitrogen and oxygen atoms in total. The van der Waals surface area contributed by atoms with Crippen LogP contribution in [-0.4, -0.2) is 31.8 Å². The van der Waals surface area contributed by atoms with E-state index in [9.17, 15) is 0 Å². The molecule has 21 heavy (non-hydrogen) atoms. The predicted octanol–water partition coefficient (Wildman–Crippen LogP) is 2.55. The number of pyridine rings is 1. The van der Waals surface area contributed by atoms with E-state index < -0.39 is 0 Å². The number of nitrogens with zero attached hydrogens (tertiary/aromatic N) is 1. The maximum Gasteiger partial charge on any atom is 0.161 e. The van der Waals surface area contributed by atoms with Crippen molar-refractivity contribution in [2.45, 2.75) is 6.42 Å². The first kappa shape index (κ1) is 13.5. The minimum atomic E-state index is 0.620. The lowest BCUT2D eigenvalue weighted by Crippen LogP contribution is -2.15. The van der Waals surface area contributed by atoms with E-state index in [1.807, 2.05) is 37.4 Å². The summed E-state index contributed by atoms with van der Waals surface area (Å²) in [6, 6.07) is 12.0. The molecule has 1 aliphatic rings. The van der Waals surface area contributed by atoms with E-state index in [2.05, 4.69) is 21.7 Å². The summed E-state index contributed by atoms with van der Waals surface area (Å²) in [4.78, 5) is 4.43. The third-order valence-corrected chi connectivity index (χ3v) is 3.33. The van der Waals surface area contributed by atoms with Crippen LogP contribution in [0.4, 0.5) is 11.6 Å². The smallest absolute Gasteiger partial charge is 0.161 e. The van der Waals surface area contributed by atoms with E-state index in [1.165, 1.54) is 5.56 Å². The molecular formula is C16H19N3O2. The maximum atomic E-state index is 5.59. The standard InChI is InChI=1S/C16H19N3O2/c1-17-15-3-2-4-16(19-15)18-8-7-12-5-6-13-14(11-12)21-10-9-20-13/h2-6,11H,7-10H2,1H3,(H2,17,18,19). The van der Waals surface area contributed by atoms with E-state index in [-0.39, 0.29) is 0 Å². The lowest BCUT2D eigenvalue weighted by Gasteiger charge is -2.18. The highest BCUT2D eigenvalue weighted by molar-refractivity contribution is 5.46. The second kappa shape index (κ2) is 6.35. The zero-order valence-electron chi connectivity index (χ0n) is 12.1. The van der Waals surface area contributed by atoms with Gasteiger partial charge in [-0.05, 0) is 36.2 Å². The Kier molecular flexibility index (Phi) is 4.09. The molecule has 0 atom stereocenters. The minimum absolute atomic E-state index is 0.620. The van der Waals surface area contributed by atoms with Crippen LogP contribution in [0.2, 0.25) is 0 Å². The van der Waals surface area contributed by atoms with Crippen molar-refractivity contribution in [1.29, 1.82) is 0 Å². The Morgan fingerprint density at radius 1 is 1.05 bits per heavy atom. The molecule has 0 spiro atoms. The lowest BCUT2D eigenvalue weighted by molar-refractivity contribution is 0.171. The van der Waals surface area contributed by atoms with Gasteiger partial charge in [0.25, 0.3) is 0 Å². The summed E-state index contributed by atoms with van der Waals surface area (Å²) < 4.78 is 11.1. The SMILES string of the molecule is CNc1cccc(NCCc2ccc3c(c2)OCCO3)n1. The van der Waals surface area contributed by atoms with E-state index in [1.54, 1.807) is 0 Å². The highest BCUT2D eigenvalue weighted by Crippen LogP contribution is 2.30. The van der Waals surface area contributed by atoms with Gasteiger partial charge in [-0.1, -0.05) is 12.1 Å². The summed E-state index contributed by atoms with van der Waals surface area (Å²) in [7, 11) is 1.86. The average Bonchev–Trinajstić information content (AvgIpc) is 2.55. The van der Waals surface area contributed by atoms with E-state index in [0.717, 1.165) is 36.1 Å². The van der Waals surface area contributed by atoms with Crippen molar-refractivity contribution in [2.75, 3.05) is 37.4 Å². The molecular weight excluding hydrogens is 266 g/mol. The Balaban J connectivity index is 1.57. The highest BCUT2D eigenvalue weighted by Gasteiger charge is 2.11. The van der Waals surface area contributed by atoms with Gasteiger partial charge in [0, 0.05) is 13.6 Å². The van der Waals surface area contributed by atoms with Gasteiger partial charge < -0.3 is 20.1 Å². The molecule has 2 heterocycles. The van der Waals surface area contributed by atoms with Gasteiger partial charge in [-0.3, -0.25) is 0 Å². The molecule has 1 aromatic heterocycles. The molecule has 0 radical (unpaired) electrons. The average molecular weight is 285 g/mol. The zero-order valence-corrected chi connectivity index (χ0v) is 12.1. The van der Waals surface area contributed by atoms with Gasteiger partial charge in [-0.25, -0.2) is 4.98 Å². The number of rotatable bonds is 5. The van der Waals surface area contributed by atoms with Crippen LogP contribution in [0.5, 0.6) is 11.5 Å². The van der Waals surface area contributed by atoms with Crippen molar-refractivity contribution in [1.82, 2.24) is 4.98 Å². The van der Waals surface area contributed by atoms with Crippen LogP contribution < -0.4 is 20.1 Å². The molecule has 2 aromatic rings. The normalized spacial score (nSPS) is 12.8. The number of anilines is 2. The summed E-state index contributed by atoms with van der Waals surface area (Å²) in [5.74, 6) is 3.41. The highest BCUT2D eigenvalue weighted by atomic mass is 16.6. The fourth-order valence-corrected chi connectivity index (χ4v) is 2.25. The number of fused-ring (bicyclic) bond motifs is 1. The Morgan fingerprint density at radius 2 is 1.86 bits per heavy atom. The van der Waals surface area contributed by atoms with E-state index >= 15 is 0 Å². The molecule has 0 bridgehead atoms. The van der Waals surface area contributed by atoms with Crippen molar-refractivity contribution >= 4 is 11.6 Å². The summed E-state index contributed by atoms with van der Waals surface area (Å²) in [5.41, 5.74) is 1.22. The van der Waals surface area contributed by atoms with E-state index in [4.69, 9.17) is 9.47 Å². The summed E-state index contributed by atoms with van der Waals surface area (Å²) in [6.07, 6.45) is 0.905. The second-order valence-electron chi connectivity index (χ2n) is 4.81. The van der Waals surface area contributed by atoms with Crippen molar-refractivity contribution < 1.29 is 9.47 Å². The Hall–Kier alpha value is -2.43. The maximum absolute atomic E-state index is 5.59. The minimum Gasteiger partial charge on any atom is -0.486 e. The molecule has 1 aliphatic heterocycles. The molecule has 1 aromatic carbocycles. The topological polar surface area (TPSA) is 55.4 Å². The number of aromatic nitrogens is 1. The molecule has 110 valence electrons. The number of benzene rings is 1. The Labute approximate surface area is 124 Å². The van der Waals surface area contributed by atoms with Crippen LogP contribution in [0.25, 0.3) is 0 Å². The third-order valence-electron chi connectivity index (χ3n) is 3.33. The van der Waals surface area contributed by atoms with Crippen LogP contribution in [0.15, 0.2) is 36.4 Å². The van der Waals surface area contributed by atoms with Gasteiger partial charge in [0.1, 0.15) is 24.8 Å². The molecule has 5 heteroatoms. The van der Waals surface area contributed by atoms with E-state index in [0.29, 0.717) is 13.2 Å². The monoisotopic (exact) mass is 285 g/mol. The molecule has 0 saturated carbocycles. The molecule has 3 rings (SSSR count). The zero-order chi connectivity index (χ0) is 14.5. The Morgan fingerprint density at radius 3 is 2.71 bits per heavy atom. The summed E-state index contributed by atoms with van der Waals surface area (Å²) in [6.45, 7) is 2.07. The van der Waals surface area contributed by atoms with Gasteiger partial charge in [-0.2, -0.15) is 0 Å². The molecule has 0 unspecified atom stereocenters. The molecule has 0 saturated heterocycles. The van der Waals surface area contributed by atoms with Crippen molar-refractivity contribution in [3.63, 3.8) is 0 Å². The first-order valence-electron chi connectivity index (χ1n) is 7.12. The second-order valence-corrected chi connectivity index (χ2v) is 4.81. The van der Waals surface area contributed by atoms with Crippen LogP contribution in [-0.2, 0) is 6.42 Å². The number of ether oxygens (including phenoxy) is 2. The largest absolute Gasteiger partial charge is 0.486 e. The van der Waals surface area contributed by atoms with Crippen molar-refractivity contribution in [3.8, 4) is 11.5 Å². The number of hydrogen-bond donors (Lipinski definition) is 2. The van der Waals surface area contributed by atoms with Gasteiger partial charge >= 0.3 is 0 Å². The lowest BCUT2D eigenvalue weighted by atomic mass is 10.1. The molecule has 2 N–H and O–H groups in total. The van der Waals surface area contributed by atoms with Crippen LogP contribution in [0.1, 0.15) is 5.56 Å². The van der Waals surface area contributed by atoms with Crippen LogP contribution >= 0.6 is 0 Å². The fraction of sp³-hybridized carbons (Fsp3) is 0.312. The number of nitrogens with one attached hydrogen (secondary N) is 2. The molecule has 0 aliphatic carbocycles. The van der Waals surface area contributed by atoms with Crippen molar-refractivity contribution in [2.24, 2.45) is 0 Å². The number of hydrogen-bond acceptors (Lipinski definition) is 5. The molecule has 0 fully saturated rings. The predicted molar refractivity (Wildman–Crippen MR) is 83.4 cm³/mol. The van der Waals surface area contributed by atoms with Gasteiger partial charge in [-0.15, -0.1) is 0 Å². The quantitative estimate of drug-likeness (QED) is 0.884.